The van der Waals surface area contributed by atoms with Crippen LogP contribution in [0.2, 0.25) is 0 Å². The van der Waals surface area contributed by atoms with Gasteiger partial charge in [0.25, 0.3) is 5.91 Å². The molecule has 0 aromatic carbocycles. The van der Waals surface area contributed by atoms with Gasteiger partial charge in [0.2, 0.25) is 11.8 Å². The van der Waals surface area contributed by atoms with Crippen molar-refractivity contribution in [3.8, 4) is 0 Å². The molecule has 3 saturated heterocycles. The standard InChI is InChI=1S/C21H30N4O4.C4H10.C2H6/c1-14(2)10-16-20(27)24-13-19(26)23(11-15-5-7-22-8-6-15)12-18(24)25(16)21(28)17-4-3-9-29-17;1-4(2)3;1-2/h3-4,9,14-16,18,22H,5-8,10-13H2,1-2H3;4H,1-3H3;1-2H3. The summed E-state index contributed by atoms with van der Waals surface area (Å²) in [5.41, 5.74) is 0. The summed E-state index contributed by atoms with van der Waals surface area (Å²) in [6.07, 6.45) is 3.70. The highest BCUT2D eigenvalue weighted by Crippen LogP contribution is 2.32. The molecule has 3 fully saturated rings. The van der Waals surface area contributed by atoms with Crippen LogP contribution in [0.3, 0.4) is 0 Å². The van der Waals surface area contributed by atoms with E-state index in [0.29, 0.717) is 25.4 Å². The molecule has 0 aliphatic carbocycles. The SMILES string of the molecule is CC.CC(C)C.CC(C)CC1C(=O)N2CC(=O)N(CC3CCNCC3)CC2N1C(=O)c1ccco1. The topological polar surface area (TPSA) is 86.1 Å². The van der Waals surface area contributed by atoms with E-state index in [1.165, 1.54) is 6.26 Å². The molecule has 0 bridgehead atoms. The van der Waals surface area contributed by atoms with Crippen molar-refractivity contribution in [2.45, 2.75) is 79.9 Å². The van der Waals surface area contributed by atoms with Gasteiger partial charge in [-0.3, -0.25) is 14.4 Å². The minimum Gasteiger partial charge on any atom is -0.459 e. The number of hydrogen-bond donors (Lipinski definition) is 1. The zero-order valence-electron chi connectivity index (χ0n) is 22.8. The number of amides is 3. The molecule has 2 unspecified atom stereocenters. The summed E-state index contributed by atoms with van der Waals surface area (Å²) in [5, 5.41) is 3.35. The number of piperazine rings is 1. The first kappa shape index (κ1) is 28.9. The van der Waals surface area contributed by atoms with E-state index < -0.39 is 12.2 Å². The van der Waals surface area contributed by atoms with E-state index >= 15 is 0 Å². The van der Waals surface area contributed by atoms with Crippen molar-refractivity contribution in [1.82, 2.24) is 20.0 Å². The molecule has 1 aromatic heterocycles. The van der Waals surface area contributed by atoms with Crippen molar-refractivity contribution in [2.24, 2.45) is 17.8 Å². The van der Waals surface area contributed by atoms with Crippen LogP contribution in [0.1, 0.15) is 78.3 Å². The van der Waals surface area contributed by atoms with Crippen molar-refractivity contribution in [1.29, 1.82) is 0 Å². The molecule has 1 N–H and O–H groups in total. The Hall–Kier alpha value is -2.35. The third-order valence-corrected chi connectivity index (χ3v) is 6.23. The number of carbonyl (C=O) groups excluding carboxylic acids is 3. The zero-order valence-corrected chi connectivity index (χ0v) is 22.8. The largest absolute Gasteiger partial charge is 0.459 e. The number of nitrogens with zero attached hydrogens (tertiary/aromatic N) is 3. The van der Waals surface area contributed by atoms with Gasteiger partial charge < -0.3 is 24.4 Å². The molecule has 1 aromatic rings. The lowest BCUT2D eigenvalue weighted by molar-refractivity contribution is -0.146. The van der Waals surface area contributed by atoms with Gasteiger partial charge in [0.15, 0.2) is 5.76 Å². The second-order valence-corrected chi connectivity index (χ2v) is 10.5. The quantitative estimate of drug-likeness (QED) is 0.678. The zero-order chi connectivity index (χ0) is 26.1. The molecule has 35 heavy (non-hydrogen) atoms. The van der Waals surface area contributed by atoms with Gasteiger partial charge in [-0.1, -0.05) is 48.5 Å². The van der Waals surface area contributed by atoms with E-state index in [2.05, 4.69) is 26.1 Å². The van der Waals surface area contributed by atoms with Crippen LogP contribution in [0.4, 0.5) is 0 Å². The van der Waals surface area contributed by atoms with E-state index in [-0.39, 0.29) is 35.9 Å². The lowest BCUT2D eigenvalue weighted by Crippen LogP contribution is -2.59. The third-order valence-electron chi connectivity index (χ3n) is 6.23. The Kier molecular flexibility index (Phi) is 11.3. The average molecular weight is 491 g/mol. The maximum absolute atomic E-state index is 13.2. The van der Waals surface area contributed by atoms with Crippen LogP contribution >= 0.6 is 0 Å². The Morgan fingerprint density at radius 3 is 2.29 bits per heavy atom. The van der Waals surface area contributed by atoms with E-state index in [1.54, 1.807) is 21.9 Å². The van der Waals surface area contributed by atoms with Crippen molar-refractivity contribution >= 4 is 17.7 Å². The first-order valence-electron chi connectivity index (χ1n) is 13.3. The number of fused-ring (bicyclic) bond motifs is 1. The van der Waals surface area contributed by atoms with E-state index in [4.69, 9.17) is 4.42 Å². The number of carbonyl (C=O) groups is 3. The fraction of sp³-hybridized carbons (Fsp3) is 0.741. The molecule has 8 heteroatoms. The third kappa shape index (κ3) is 7.56. The first-order valence-corrected chi connectivity index (χ1v) is 13.3. The second-order valence-electron chi connectivity index (χ2n) is 10.5. The highest BCUT2D eigenvalue weighted by Gasteiger charge is 2.52. The average Bonchev–Trinajstić information content (AvgIpc) is 3.44. The van der Waals surface area contributed by atoms with Crippen LogP contribution in [-0.2, 0) is 9.59 Å². The van der Waals surface area contributed by atoms with Crippen LogP contribution in [0, 0.1) is 17.8 Å². The van der Waals surface area contributed by atoms with Crippen molar-refractivity contribution in [3.63, 3.8) is 0 Å². The molecule has 3 amide bonds. The van der Waals surface area contributed by atoms with Crippen LogP contribution in [0.25, 0.3) is 0 Å². The maximum atomic E-state index is 13.2. The van der Waals surface area contributed by atoms with Gasteiger partial charge in [0.1, 0.15) is 18.8 Å². The Labute approximate surface area is 211 Å². The molecule has 8 nitrogen and oxygen atoms in total. The second kappa shape index (κ2) is 13.7. The predicted molar refractivity (Wildman–Crippen MR) is 138 cm³/mol. The fourth-order valence-corrected chi connectivity index (χ4v) is 4.75. The Bertz CT molecular complexity index is 799. The summed E-state index contributed by atoms with van der Waals surface area (Å²) in [7, 11) is 0. The minimum atomic E-state index is -0.552. The number of nitrogens with one attached hydrogen (secondary N) is 1. The highest BCUT2D eigenvalue weighted by atomic mass is 16.3. The first-order chi connectivity index (χ1) is 16.7. The summed E-state index contributed by atoms with van der Waals surface area (Å²) < 4.78 is 5.34. The van der Waals surface area contributed by atoms with Gasteiger partial charge >= 0.3 is 0 Å². The molecule has 0 spiro atoms. The molecule has 3 aliphatic rings. The smallest absolute Gasteiger partial charge is 0.291 e. The van der Waals surface area contributed by atoms with Crippen molar-refractivity contribution in [3.05, 3.63) is 24.2 Å². The van der Waals surface area contributed by atoms with Crippen molar-refractivity contribution in [2.75, 3.05) is 32.7 Å². The van der Waals surface area contributed by atoms with Crippen molar-refractivity contribution < 1.29 is 18.8 Å². The number of rotatable bonds is 5. The van der Waals surface area contributed by atoms with E-state index in [9.17, 15) is 14.4 Å². The normalized spacial score (nSPS) is 22.6. The summed E-state index contributed by atoms with van der Waals surface area (Å²) in [4.78, 5) is 44.2. The van der Waals surface area contributed by atoms with Gasteiger partial charge in [0.05, 0.1) is 12.8 Å². The molecular weight excluding hydrogens is 444 g/mol. The molecule has 4 heterocycles. The summed E-state index contributed by atoms with van der Waals surface area (Å²) in [5.74, 6) is 1.35. The molecule has 198 valence electrons. The molecule has 4 rings (SSSR count). The monoisotopic (exact) mass is 490 g/mol. The van der Waals surface area contributed by atoms with Gasteiger partial charge in [-0.2, -0.15) is 0 Å². The molecule has 3 aliphatic heterocycles. The molecule has 0 saturated carbocycles. The number of piperidine rings is 1. The lowest BCUT2D eigenvalue weighted by atomic mass is 9.97. The van der Waals surface area contributed by atoms with Gasteiger partial charge in [-0.25, -0.2) is 0 Å². The minimum absolute atomic E-state index is 0.0243. The van der Waals surface area contributed by atoms with Gasteiger partial charge in [0, 0.05) is 6.54 Å². The van der Waals surface area contributed by atoms with Crippen LogP contribution in [0.5, 0.6) is 0 Å². The summed E-state index contributed by atoms with van der Waals surface area (Å²) in [6, 6.07) is 2.75. The highest BCUT2D eigenvalue weighted by molar-refractivity contribution is 5.99. The molecular formula is C27H46N4O4. The Morgan fingerprint density at radius 1 is 1.11 bits per heavy atom. The maximum Gasteiger partial charge on any atom is 0.291 e. The summed E-state index contributed by atoms with van der Waals surface area (Å²) >= 11 is 0. The number of furan rings is 1. The van der Waals surface area contributed by atoms with E-state index in [1.807, 2.05) is 32.6 Å². The predicted octanol–water partition coefficient (Wildman–Crippen LogP) is 3.84. The molecule has 2 atom stereocenters. The van der Waals surface area contributed by atoms with Crippen LogP contribution in [-0.4, -0.2) is 77.4 Å². The Morgan fingerprint density at radius 2 is 1.74 bits per heavy atom. The molecule has 0 radical (unpaired) electrons. The lowest BCUT2D eigenvalue weighted by Gasteiger charge is -2.41. The Balaban J connectivity index is 0.000000655. The van der Waals surface area contributed by atoms with Crippen LogP contribution in [0.15, 0.2) is 22.8 Å². The summed E-state index contributed by atoms with van der Waals surface area (Å²) in [6.45, 7) is 17.6. The van der Waals surface area contributed by atoms with Crippen LogP contribution < -0.4 is 5.32 Å². The fourth-order valence-electron chi connectivity index (χ4n) is 4.75. The van der Waals surface area contributed by atoms with E-state index in [0.717, 1.165) is 31.8 Å². The van der Waals surface area contributed by atoms with Gasteiger partial charge in [-0.15, -0.1) is 0 Å². The number of hydrogen-bond acceptors (Lipinski definition) is 5. The van der Waals surface area contributed by atoms with Gasteiger partial charge in [-0.05, 0) is 62.2 Å².